The number of nitrogens with two attached hydrogens (primary N) is 1. The number of amides is 1. The highest BCUT2D eigenvalue weighted by atomic mass is 32.1. The summed E-state index contributed by atoms with van der Waals surface area (Å²) in [6, 6.07) is 2.99. The SMILES string of the molecule is CC1(C(=O)O)CCCN(C(=O)C(N)c2cccs2)C1. The second kappa shape index (κ2) is 5.30. The van der Waals surface area contributed by atoms with Crippen molar-refractivity contribution in [1.29, 1.82) is 0 Å². The number of rotatable bonds is 3. The highest BCUT2D eigenvalue weighted by Crippen LogP contribution is 2.31. The molecule has 104 valence electrons. The minimum atomic E-state index is -0.858. The fourth-order valence-corrected chi connectivity index (χ4v) is 3.11. The Morgan fingerprint density at radius 2 is 2.32 bits per heavy atom. The molecule has 2 unspecified atom stereocenters. The Balaban J connectivity index is 2.09. The van der Waals surface area contributed by atoms with Crippen molar-refractivity contribution in [1.82, 2.24) is 4.90 Å². The first-order chi connectivity index (χ1) is 8.94. The highest BCUT2D eigenvalue weighted by Gasteiger charge is 2.40. The molecule has 0 aromatic carbocycles. The number of carboxylic acid groups (broad SMARTS) is 1. The quantitative estimate of drug-likeness (QED) is 0.879. The topological polar surface area (TPSA) is 83.6 Å². The lowest BCUT2D eigenvalue weighted by Gasteiger charge is -2.38. The van der Waals surface area contributed by atoms with Crippen LogP contribution in [0.25, 0.3) is 0 Å². The van der Waals surface area contributed by atoms with Crippen LogP contribution >= 0.6 is 11.3 Å². The molecule has 2 rings (SSSR count). The lowest BCUT2D eigenvalue weighted by molar-refractivity contribution is -0.153. The third-order valence-electron chi connectivity index (χ3n) is 3.64. The van der Waals surface area contributed by atoms with Crippen LogP contribution in [-0.2, 0) is 9.59 Å². The van der Waals surface area contributed by atoms with E-state index in [0.717, 1.165) is 4.88 Å². The Kier molecular flexibility index (Phi) is 3.91. The number of piperidine rings is 1. The summed E-state index contributed by atoms with van der Waals surface area (Å²) in [6.45, 7) is 2.51. The molecule has 1 aliphatic rings. The summed E-state index contributed by atoms with van der Waals surface area (Å²) in [5.74, 6) is -1.04. The Bertz CT molecular complexity index is 474. The van der Waals surface area contributed by atoms with Crippen LogP contribution in [0.1, 0.15) is 30.7 Å². The molecule has 1 fully saturated rings. The lowest BCUT2D eigenvalue weighted by atomic mass is 9.82. The maximum absolute atomic E-state index is 12.3. The average molecular weight is 282 g/mol. The zero-order valence-electron chi connectivity index (χ0n) is 10.8. The van der Waals surface area contributed by atoms with Crippen molar-refractivity contribution in [2.24, 2.45) is 11.1 Å². The zero-order chi connectivity index (χ0) is 14.0. The number of thiophene rings is 1. The first-order valence-corrected chi connectivity index (χ1v) is 7.13. The third-order valence-corrected chi connectivity index (χ3v) is 4.60. The number of likely N-dealkylation sites (tertiary alicyclic amines) is 1. The van der Waals surface area contributed by atoms with Crippen LogP contribution in [0, 0.1) is 5.41 Å². The summed E-state index contributed by atoms with van der Waals surface area (Å²) in [6.07, 6.45) is 1.30. The molecular weight excluding hydrogens is 264 g/mol. The average Bonchev–Trinajstić information content (AvgIpc) is 2.90. The van der Waals surface area contributed by atoms with Crippen LogP contribution in [0.3, 0.4) is 0 Å². The smallest absolute Gasteiger partial charge is 0.311 e. The number of carbonyl (C=O) groups excluding carboxylic acids is 1. The molecule has 1 aromatic heterocycles. The van der Waals surface area contributed by atoms with Gasteiger partial charge in [-0.05, 0) is 31.2 Å². The van der Waals surface area contributed by atoms with Gasteiger partial charge in [0.15, 0.2) is 0 Å². The van der Waals surface area contributed by atoms with Gasteiger partial charge in [0.1, 0.15) is 6.04 Å². The van der Waals surface area contributed by atoms with Crippen LogP contribution in [0.2, 0.25) is 0 Å². The molecule has 5 nitrogen and oxygen atoms in total. The van der Waals surface area contributed by atoms with Crippen molar-refractivity contribution >= 4 is 23.2 Å². The van der Waals surface area contributed by atoms with E-state index in [0.29, 0.717) is 19.4 Å². The van der Waals surface area contributed by atoms with Crippen LogP contribution in [0.5, 0.6) is 0 Å². The van der Waals surface area contributed by atoms with Gasteiger partial charge in [-0.1, -0.05) is 6.07 Å². The molecule has 19 heavy (non-hydrogen) atoms. The minimum absolute atomic E-state index is 0.186. The fraction of sp³-hybridized carbons (Fsp3) is 0.538. The number of hydrogen-bond donors (Lipinski definition) is 2. The molecule has 1 amide bonds. The Hall–Kier alpha value is -1.40. The number of hydrogen-bond acceptors (Lipinski definition) is 4. The molecule has 6 heteroatoms. The number of aliphatic carboxylic acids is 1. The van der Waals surface area contributed by atoms with E-state index in [4.69, 9.17) is 5.73 Å². The largest absolute Gasteiger partial charge is 0.481 e. The summed E-state index contributed by atoms with van der Waals surface area (Å²) < 4.78 is 0. The molecular formula is C13H18N2O3S. The zero-order valence-corrected chi connectivity index (χ0v) is 11.7. The van der Waals surface area contributed by atoms with Crippen molar-refractivity contribution in [3.63, 3.8) is 0 Å². The summed E-state index contributed by atoms with van der Waals surface area (Å²) in [5.41, 5.74) is 5.09. The molecule has 0 saturated carbocycles. The molecule has 1 saturated heterocycles. The first-order valence-electron chi connectivity index (χ1n) is 6.25. The molecule has 2 atom stereocenters. The molecule has 2 heterocycles. The highest BCUT2D eigenvalue weighted by molar-refractivity contribution is 7.10. The van der Waals surface area contributed by atoms with E-state index in [9.17, 15) is 14.7 Å². The molecule has 0 spiro atoms. The van der Waals surface area contributed by atoms with Crippen molar-refractivity contribution in [2.75, 3.05) is 13.1 Å². The molecule has 0 bridgehead atoms. The van der Waals surface area contributed by atoms with E-state index in [1.54, 1.807) is 11.8 Å². The fourth-order valence-electron chi connectivity index (χ4n) is 2.39. The lowest BCUT2D eigenvalue weighted by Crippen LogP contribution is -2.50. The van der Waals surface area contributed by atoms with E-state index in [2.05, 4.69) is 0 Å². The Labute approximate surface area is 116 Å². The van der Waals surface area contributed by atoms with Crippen molar-refractivity contribution in [3.8, 4) is 0 Å². The maximum atomic E-state index is 12.3. The van der Waals surface area contributed by atoms with Gasteiger partial charge in [0, 0.05) is 18.0 Å². The molecule has 3 N–H and O–H groups in total. The van der Waals surface area contributed by atoms with Crippen molar-refractivity contribution in [2.45, 2.75) is 25.8 Å². The monoisotopic (exact) mass is 282 g/mol. The number of carbonyl (C=O) groups is 2. The number of carboxylic acids is 1. The van der Waals surface area contributed by atoms with Gasteiger partial charge in [0.2, 0.25) is 5.91 Å². The second-order valence-electron chi connectivity index (χ2n) is 5.22. The first kappa shape index (κ1) is 14.0. The van der Waals surface area contributed by atoms with E-state index in [1.807, 2.05) is 17.5 Å². The second-order valence-corrected chi connectivity index (χ2v) is 6.20. The van der Waals surface area contributed by atoms with Crippen LogP contribution in [0.4, 0.5) is 0 Å². The molecule has 1 aromatic rings. The van der Waals surface area contributed by atoms with Gasteiger partial charge in [-0.25, -0.2) is 0 Å². The standard InChI is InChI=1S/C13H18N2O3S/c1-13(12(17)18)5-3-6-15(8-13)11(16)10(14)9-4-2-7-19-9/h2,4,7,10H,3,5-6,8,14H2,1H3,(H,17,18). The summed E-state index contributed by atoms with van der Waals surface area (Å²) >= 11 is 1.44. The van der Waals surface area contributed by atoms with E-state index >= 15 is 0 Å². The van der Waals surface area contributed by atoms with Crippen LogP contribution < -0.4 is 5.73 Å². The van der Waals surface area contributed by atoms with Gasteiger partial charge in [-0.2, -0.15) is 0 Å². The summed E-state index contributed by atoms with van der Waals surface area (Å²) in [5, 5.41) is 11.1. The Morgan fingerprint density at radius 1 is 1.58 bits per heavy atom. The van der Waals surface area contributed by atoms with Gasteiger partial charge in [0.05, 0.1) is 5.41 Å². The predicted molar refractivity (Wildman–Crippen MR) is 72.8 cm³/mol. The van der Waals surface area contributed by atoms with Crippen molar-refractivity contribution < 1.29 is 14.7 Å². The van der Waals surface area contributed by atoms with E-state index in [-0.39, 0.29) is 12.5 Å². The van der Waals surface area contributed by atoms with Gasteiger partial charge in [-0.3, -0.25) is 9.59 Å². The van der Waals surface area contributed by atoms with Gasteiger partial charge in [-0.15, -0.1) is 11.3 Å². The van der Waals surface area contributed by atoms with Gasteiger partial charge >= 0.3 is 5.97 Å². The molecule has 0 radical (unpaired) electrons. The molecule has 1 aliphatic heterocycles. The van der Waals surface area contributed by atoms with Crippen LogP contribution in [0.15, 0.2) is 17.5 Å². The predicted octanol–water partition coefficient (Wildman–Crippen LogP) is 1.46. The number of nitrogens with zero attached hydrogens (tertiary/aromatic N) is 1. The maximum Gasteiger partial charge on any atom is 0.311 e. The van der Waals surface area contributed by atoms with Gasteiger partial charge < -0.3 is 15.7 Å². The van der Waals surface area contributed by atoms with E-state index < -0.39 is 17.4 Å². The summed E-state index contributed by atoms with van der Waals surface area (Å²) in [7, 11) is 0. The minimum Gasteiger partial charge on any atom is -0.481 e. The third kappa shape index (κ3) is 2.79. The van der Waals surface area contributed by atoms with Crippen molar-refractivity contribution in [3.05, 3.63) is 22.4 Å². The van der Waals surface area contributed by atoms with E-state index in [1.165, 1.54) is 11.3 Å². The van der Waals surface area contributed by atoms with Crippen LogP contribution in [-0.4, -0.2) is 35.0 Å². The summed E-state index contributed by atoms with van der Waals surface area (Å²) in [4.78, 5) is 26.0. The van der Waals surface area contributed by atoms with Gasteiger partial charge in [0.25, 0.3) is 0 Å². The normalized spacial score (nSPS) is 25.1. The molecule has 0 aliphatic carbocycles. The Morgan fingerprint density at radius 3 is 2.89 bits per heavy atom.